The maximum atomic E-state index is 12.3. The number of amides is 1. The molecule has 0 radical (unpaired) electrons. The first-order chi connectivity index (χ1) is 11.0. The molecular formula is C17H23ClN2O3. The number of methoxy groups -OCH3 is 2. The minimum Gasteiger partial charge on any atom is -0.493 e. The minimum atomic E-state index is 0.0196. The Bertz CT molecular complexity index is 589. The molecule has 1 aliphatic heterocycles. The molecule has 0 N–H and O–H groups in total. The molecule has 126 valence electrons. The quantitative estimate of drug-likeness (QED) is 0.791. The van der Waals surface area contributed by atoms with Gasteiger partial charge in [-0.05, 0) is 43.8 Å². The van der Waals surface area contributed by atoms with Crippen LogP contribution >= 0.6 is 11.6 Å². The summed E-state index contributed by atoms with van der Waals surface area (Å²) in [5.41, 5.74) is 0.799. The van der Waals surface area contributed by atoms with Crippen LogP contribution in [0.3, 0.4) is 0 Å². The van der Waals surface area contributed by atoms with E-state index in [1.807, 2.05) is 4.90 Å². The fourth-order valence-electron chi connectivity index (χ4n) is 2.57. The Morgan fingerprint density at radius 3 is 2.65 bits per heavy atom. The van der Waals surface area contributed by atoms with Gasteiger partial charge >= 0.3 is 0 Å². The standard InChI is InChI=1S/C17H23ClN2O3/c1-19-7-4-8-20(10-9-19)16(21)6-5-13-11-14(18)17(23-3)15(12-13)22-2/h5-6,11-12H,4,7-10H2,1-3H3/b6-5+. The number of nitrogens with zero attached hydrogens (tertiary/aromatic N) is 2. The van der Waals surface area contributed by atoms with Crippen molar-refractivity contribution in [2.45, 2.75) is 6.42 Å². The lowest BCUT2D eigenvalue weighted by Crippen LogP contribution is -2.33. The molecule has 23 heavy (non-hydrogen) atoms. The third-order valence-electron chi connectivity index (χ3n) is 3.91. The second-order valence-corrected chi connectivity index (χ2v) is 5.96. The number of hydrogen-bond donors (Lipinski definition) is 0. The fourth-order valence-corrected chi connectivity index (χ4v) is 2.87. The van der Waals surface area contributed by atoms with Crippen LogP contribution in [-0.4, -0.2) is 63.2 Å². The van der Waals surface area contributed by atoms with Crippen molar-refractivity contribution < 1.29 is 14.3 Å². The molecule has 6 heteroatoms. The second-order valence-electron chi connectivity index (χ2n) is 5.55. The molecule has 5 nitrogen and oxygen atoms in total. The maximum Gasteiger partial charge on any atom is 0.246 e. The van der Waals surface area contributed by atoms with Gasteiger partial charge in [-0.3, -0.25) is 4.79 Å². The van der Waals surface area contributed by atoms with Gasteiger partial charge < -0.3 is 19.3 Å². The van der Waals surface area contributed by atoms with Gasteiger partial charge in [0.2, 0.25) is 5.91 Å². The maximum absolute atomic E-state index is 12.3. The SMILES string of the molecule is COc1cc(/C=C/C(=O)N2CCCN(C)CC2)cc(Cl)c1OC. The molecule has 0 bridgehead atoms. The van der Waals surface area contributed by atoms with Gasteiger partial charge in [-0.25, -0.2) is 0 Å². The predicted molar refractivity (Wildman–Crippen MR) is 92.3 cm³/mol. The molecule has 2 rings (SSSR count). The molecule has 0 atom stereocenters. The normalized spacial score (nSPS) is 16.4. The van der Waals surface area contributed by atoms with Crippen LogP contribution in [-0.2, 0) is 4.79 Å². The Morgan fingerprint density at radius 1 is 1.17 bits per heavy atom. The summed E-state index contributed by atoms with van der Waals surface area (Å²) in [4.78, 5) is 16.4. The molecule has 1 saturated heterocycles. The molecule has 1 aromatic carbocycles. The lowest BCUT2D eigenvalue weighted by molar-refractivity contribution is -0.125. The van der Waals surface area contributed by atoms with E-state index in [-0.39, 0.29) is 5.91 Å². The smallest absolute Gasteiger partial charge is 0.246 e. The van der Waals surface area contributed by atoms with E-state index >= 15 is 0 Å². The molecule has 0 saturated carbocycles. The van der Waals surface area contributed by atoms with Crippen LogP contribution in [0.1, 0.15) is 12.0 Å². The van der Waals surface area contributed by atoms with E-state index in [0.717, 1.165) is 38.2 Å². The van der Waals surface area contributed by atoms with Crippen LogP contribution in [0.2, 0.25) is 5.02 Å². The third-order valence-corrected chi connectivity index (χ3v) is 4.19. The lowest BCUT2D eigenvalue weighted by Gasteiger charge is -2.18. The van der Waals surface area contributed by atoms with Crippen molar-refractivity contribution >= 4 is 23.6 Å². The first-order valence-corrected chi connectivity index (χ1v) is 8.00. The largest absolute Gasteiger partial charge is 0.493 e. The Balaban J connectivity index is 2.10. The summed E-state index contributed by atoms with van der Waals surface area (Å²) in [5.74, 6) is 1.06. The van der Waals surface area contributed by atoms with E-state index < -0.39 is 0 Å². The van der Waals surface area contributed by atoms with Gasteiger partial charge in [-0.2, -0.15) is 0 Å². The number of rotatable bonds is 4. The zero-order valence-corrected chi connectivity index (χ0v) is 14.6. The number of halogens is 1. The Kier molecular flexibility index (Phi) is 6.30. The molecule has 0 spiro atoms. The van der Waals surface area contributed by atoms with Crippen LogP contribution in [0.4, 0.5) is 0 Å². The van der Waals surface area contributed by atoms with Gasteiger partial charge in [0.05, 0.1) is 19.2 Å². The first-order valence-electron chi connectivity index (χ1n) is 7.62. The summed E-state index contributed by atoms with van der Waals surface area (Å²) in [6.45, 7) is 3.48. The molecule has 0 unspecified atom stereocenters. The molecule has 0 aromatic heterocycles. The van der Waals surface area contributed by atoms with Crippen molar-refractivity contribution in [3.05, 3.63) is 28.8 Å². The van der Waals surface area contributed by atoms with Crippen molar-refractivity contribution in [3.63, 3.8) is 0 Å². The zero-order valence-electron chi connectivity index (χ0n) is 13.8. The Morgan fingerprint density at radius 2 is 1.96 bits per heavy atom. The summed E-state index contributed by atoms with van der Waals surface area (Å²) in [6.07, 6.45) is 4.34. The third kappa shape index (κ3) is 4.62. The number of carbonyl (C=O) groups excluding carboxylic acids is 1. The highest BCUT2D eigenvalue weighted by atomic mass is 35.5. The molecule has 1 aromatic rings. The van der Waals surface area contributed by atoms with Crippen LogP contribution in [0.15, 0.2) is 18.2 Å². The molecule has 1 fully saturated rings. The van der Waals surface area contributed by atoms with E-state index in [1.54, 1.807) is 38.5 Å². The van der Waals surface area contributed by atoms with Crippen LogP contribution in [0.5, 0.6) is 11.5 Å². The second kappa shape index (κ2) is 8.22. The summed E-state index contributed by atoms with van der Waals surface area (Å²) >= 11 is 6.18. The van der Waals surface area contributed by atoms with E-state index in [4.69, 9.17) is 21.1 Å². The summed E-state index contributed by atoms with van der Waals surface area (Å²) in [6, 6.07) is 3.55. The topological polar surface area (TPSA) is 42.0 Å². The monoisotopic (exact) mass is 338 g/mol. The van der Waals surface area contributed by atoms with Crippen molar-refractivity contribution in [1.29, 1.82) is 0 Å². The highest BCUT2D eigenvalue weighted by Gasteiger charge is 2.15. The Labute approximate surface area is 142 Å². The molecule has 1 aliphatic rings. The summed E-state index contributed by atoms with van der Waals surface area (Å²) in [7, 11) is 5.18. The lowest BCUT2D eigenvalue weighted by atomic mass is 10.2. The zero-order chi connectivity index (χ0) is 16.8. The van der Waals surface area contributed by atoms with Gasteiger partial charge in [-0.15, -0.1) is 0 Å². The highest BCUT2D eigenvalue weighted by Crippen LogP contribution is 2.36. The van der Waals surface area contributed by atoms with Crippen molar-refractivity contribution in [2.75, 3.05) is 47.4 Å². The average Bonchev–Trinajstić information content (AvgIpc) is 2.76. The number of carbonyl (C=O) groups is 1. The number of hydrogen-bond acceptors (Lipinski definition) is 4. The van der Waals surface area contributed by atoms with Crippen molar-refractivity contribution in [3.8, 4) is 11.5 Å². The Hall–Kier alpha value is -1.72. The van der Waals surface area contributed by atoms with E-state index in [2.05, 4.69) is 11.9 Å². The van der Waals surface area contributed by atoms with E-state index in [1.165, 1.54) is 0 Å². The molecule has 1 heterocycles. The summed E-state index contributed by atoms with van der Waals surface area (Å²) < 4.78 is 10.5. The number of ether oxygens (including phenoxy) is 2. The number of likely N-dealkylation sites (N-methyl/N-ethyl adjacent to an activating group) is 1. The van der Waals surface area contributed by atoms with Crippen LogP contribution in [0, 0.1) is 0 Å². The molecule has 0 aliphatic carbocycles. The van der Waals surface area contributed by atoms with Gasteiger partial charge in [-0.1, -0.05) is 11.6 Å². The number of benzene rings is 1. The van der Waals surface area contributed by atoms with E-state index in [0.29, 0.717) is 16.5 Å². The minimum absolute atomic E-state index is 0.0196. The van der Waals surface area contributed by atoms with Crippen LogP contribution < -0.4 is 9.47 Å². The van der Waals surface area contributed by atoms with Gasteiger partial charge in [0.1, 0.15) is 0 Å². The summed E-state index contributed by atoms with van der Waals surface area (Å²) in [5, 5.41) is 0.454. The fraction of sp³-hybridized carbons (Fsp3) is 0.471. The molecular weight excluding hydrogens is 316 g/mol. The highest BCUT2D eigenvalue weighted by molar-refractivity contribution is 6.32. The van der Waals surface area contributed by atoms with Crippen LogP contribution in [0.25, 0.3) is 6.08 Å². The van der Waals surface area contributed by atoms with E-state index in [9.17, 15) is 4.79 Å². The van der Waals surface area contributed by atoms with Crippen molar-refractivity contribution in [1.82, 2.24) is 9.80 Å². The van der Waals surface area contributed by atoms with Gasteiger partial charge in [0.25, 0.3) is 0 Å². The molecule has 1 amide bonds. The first kappa shape index (κ1) is 17.6. The van der Waals surface area contributed by atoms with Gasteiger partial charge in [0.15, 0.2) is 11.5 Å². The van der Waals surface area contributed by atoms with Crippen molar-refractivity contribution in [2.24, 2.45) is 0 Å². The predicted octanol–water partition coefficient (Wildman–Crippen LogP) is 2.53. The average molecular weight is 339 g/mol. The van der Waals surface area contributed by atoms with Gasteiger partial charge in [0, 0.05) is 25.7 Å².